The lowest BCUT2D eigenvalue weighted by Gasteiger charge is -2.18. The average Bonchev–Trinajstić information content (AvgIpc) is 3.43. The van der Waals surface area contributed by atoms with Gasteiger partial charge in [0.15, 0.2) is 17.5 Å². The lowest BCUT2D eigenvalue weighted by Crippen LogP contribution is -2.11. The molecule has 2 N–H and O–H groups in total. The summed E-state index contributed by atoms with van der Waals surface area (Å²) in [7, 11) is 1.59. The lowest BCUT2D eigenvalue weighted by molar-refractivity contribution is -0.136. The Morgan fingerprint density at radius 2 is 1.80 bits per heavy atom. The molecule has 0 radical (unpaired) electrons. The normalized spacial score (nSPS) is 12.2. The van der Waals surface area contributed by atoms with Crippen molar-refractivity contribution in [2.75, 3.05) is 12.3 Å². The number of aromatic nitrogens is 3. The third kappa shape index (κ3) is 4.58. The van der Waals surface area contributed by atoms with Crippen LogP contribution in [0.15, 0.2) is 48.9 Å². The molecule has 0 unspecified atom stereocenters. The van der Waals surface area contributed by atoms with Crippen molar-refractivity contribution in [3.63, 3.8) is 0 Å². The Bertz CT molecular complexity index is 1860. The van der Waals surface area contributed by atoms with E-state index in [1.165, 1.54) is 45.8 Å². The van der Waals surface area contributed by atoms with Gasteiger partial charge < -0.3 is 14.9 Å². The van der Waals surface area contributed by atoms with Gasteiger partial charge in [0.1, 0.15) is 5.52 Å². The van der Waals surface area contributed by atoms with Gasteiger partial charge in [-0.15, -0.1) is 0 Å². The number of nitrogens with zero attached hydrogens (tertiary/aromatic N) is 3. The number of pyridine rings is 1. The van der Waals surface area contributed by atoms with Gasteiger partial charge in [0, 0.05) is 46.6 Å². The van der Waals surface area contributed by atoms with E-state index in [2.05, 4.69) is 5.10 Å². The predicted octanol–water partition coefficient (Wildman–Crippen LogP) is 7.06. The average molecular weight is 573 g/mol. The quantitative estimate of drug-likeness (QED) is 0.0778. The minimum absolute atomic E-state index is 0.0224. The maximum atomic E-state index is 14.5. The third-order valence-electron chi connectivity index (χ3n) is 6.85. The van der Waals surface area contributed by atoms with E-state index in [0.29, 0.717) is 17.8 Å². The molecule has 6 nitrogen and oxygen atoms in total. The Hall–Kier alpha value is -4.74. The molecular formula is C29H22F6N4O2. The molecule has 12 heteroatoms. The molecule has 3 heterocycles. The second kappa shape index (κ2) is 10.0. The van der Waals surface area contributed by atoms with E-state index in [9.17, 15) is 31.1 Å². The van der Waals surface area contributed by atoms with Crippen molar-refractivity contribution in [1.82, 2.24) is 14.2 Å². The van der Waals surface area contributed by atoms with Crippen LogP contribution >= 0.6 is 0 Å². The Labute approximate surface area is 229 Å². The van der Waals surface area contributed by atoms with Crippen molar-refractivity contribution in [2.24, 2.45) is 7.05 Å². The molecule has 3 aromatic heterocycles. The number of rotatable bonds is 6. The van der Waals surface area contributed by atoms with Crippen LogP contribution in [0.4, 0.5) is 32.0 Å². The van der Waals surface area contributed by atoms with Crippen LogP contribution in [0.3, 0.4) is 0 Å². The highest BCUT2D eigenvalue weighted by molar-refractivity contribution is 6.11. The SMILES string of the molecule is CCO/C=C/c1cc(C(=O)c2cc(F)c(F)c(F)c2)n2cccc(-c3c(C(F)(F)F)cc4c(C)n(C)nc4c3N)c12. The van der Waals surface area contributed by atoms with Crippen molar-refractivity contribution in [1.29, 1.82) is 0 Å². The molecule has 0 aliphatic heterocycles. The highest BCUT2D eigenvalue weighted by Crippen LogP contribution is 2.46. The van der Waals surface area contributed by atoms with E-state index < -0.39 is 40.5 Å². The van der Waals surface area contributed by atoms with Crippen LogP contribution in [0.1, 0.15) is 39.8 Å². The van der Waals surface area contributed by atoms with Crippen LogP contribution in [0.2, 0.25) is 0 Å². The summed E-state index contributed by atoms with van der Waals surface area (Å²) in [6, 6.07) is 6.26. The smallest absolute Gasteiger partial charge is 0.417 e. The summed E-state index contributed by atoms with van der Waals surface area (Å²) >= 11 is 0. The molecule has 0 aliphatic rings. The summed E-state index contributed by atoms with van der Waals surface area (Å²) in [5.74, 6) is -5.76. The van der Waals surface area contributed by atoms with Crippen LogP contribution < -0.4 is 5.73 Å². The molecule has 0 saturated heterocycles. The van der Waals surface area contributed by atoms with Crippen LogP contribution in [0.5, 0.6) is 0 Å². The number of ether oxygens (including phenoxy) is 1. The molecule has 2 aromatic carbocycles. The van der Waals surface area contributed by atoms with Crippen molar-refractivity contribution >= 4 is 34.0 Å². The number of carbonyl (C=O) groups is 1. The van der Waals surface area contributed by atoms with Gasteiger partial charge in [-0.05, 0) is 50.3 Å². The number of halogens is 6. The summed E-state index contributed by atoms with van der Waals surface area (Å²) < 4.78 is 93.0. The number of hydrogen-bond acceptors (Lipinski definition) is 4. The fourth-order valence-corrected chi connectivity index (χ4v) is 4.83. The third-order valence-corrected chi connectivity index (χ3v) is 6.85. The number of fused-ring (bicyclic) bond motifs is 2. The fourth-order valence-electron chi connectivity index (χ4n) is 4.83. The van der Waals surface area contributed by atoms with Gasteiger partial charge >= 0.3 is 6.18 Å². The number of nitrogen functional groups attached to an aromatic ring is 1. The van der Waals surface area contributed by atoms with Crippen molar-refractivity contribution < 1.29 is 35.9 Å². The number of ketones is 1. The summed E-state index contributed by atoms with van der Waals surface area (Å²) in [6.07, 6.45) is -0.662. The Kier molecular flexibility index (Phi) is 6.80. The van der Waals surface area contributed by atoms with Gasteiger partial charge in [-0.1, -0.05) is 6.07 Å². The molecule has 0 amide bonds. The first-order chi connectivity index (χ1) is 19.3. The molecule has 212 valence electrons. The molecule has 0 fully saturated rings. The van der Waals surface area contributed by atoms with E-state index in [4.69, 9.17) is 10.5 Å². The highest BCUT2D eigenvalue weighted by atomic mass is 19.4. The molecule has 0 bridgehead atoms. The number of hydrogen-bond donors (Lipinski definition) is 1. The minimum Gasteiger partial charge on any atom is -0.501 e. The molecule has 5 aromatic rings. The monoisotopic (exact) mass is 572 g/mol. The van der Waals surface area contributed by atoms with Gasteiger partial charge in [0.25, 0.3) is 0 Å². The first-order valence-corrected chi connectivity index (χ1v) is 12.3. The first-order valence-electron chi connectivity index (χ1n) is 12.3. The second-order valence-corrected chi connectivity index (χ2v) is 9.28. The summed E-state index contributed by atoms with van der Waals surface area (Å²) in [4.78, 5) is 13.4. The number of aryl methyl sites for hydroxylation is 2. The minimum atomic E-state index is -4.82. The number of nitrogens with two attached hydrogens (primary N) is 1. The van der Waals surface area contributed by atoms with E-state index >= 15 is 0 Å². The molecule has 5 rings (SSSR count). The van der Waals surface area contributed by atoms with Crippen LogP contribution in [0.25, 0.3) is 33.6 Å². The maximum Gasteiger partial charge on any atom is 0.417 e. The van der Waals surface area contributed by atoms with Crippen LogP contribution in [0, 0.1) is 24.4 Å². The van der Waals surface area contributed by atoms with Gasteiger partial charge in [0.2, 0.25) is 5.78 Å². The van der Waals surface area contributed by atoms with Crippen molar-refractivity contribution in [3.05, 3.63) is 94.4 Å². The number of alkyl halides is 3. The van der Waals surface area contributed by atoms with Crippen LogP contribution in [-0.4, -0.2) is 26.6 Å². The molecule has 41 heavy (non-hydrogen) atoms. The van der Waals surface area contributed by atoms with E-state index in [0.717, 1.165) is 6.07 Å². The largest absolute Gasteiger partial charge is 0.501 e. The second-order valence-electron chi connectivity index (χ2n) is 9.28. The fraction of sp³-hybridized carbons (Fsp3) is 0.172. The van der Waals surface area contributed by atoms with E-state index in [-0.39, 0.29) is 51.1 Å². The van der Waals surface area contributed by atoms with Crippen molar-refractivity contribution in [3.8, 4) is 11.1 Å². The zero-order valence-electron chi connectivity index (χ0n) is 21.9. The molecule has 0 saturated carbocycles. The molecule has 0 aliphatic carbocycles. The van der Waals surface area contributed by atoms with E-state index in [1.807, 2.05) is 0 Å². The van der Waals surface area contributed by atoms with Gasteiger partial charge in [-0.3, -0.25) is 9.48 Å². The van der Waals surface area contributed by atoms with Gasteiger partial charge in [0.05, 0.1) is 35.3 Å². The summed E-state index contributed by atoms with van der Waals surface area (Å²) in [6.45, 7) is 3.63. The standard InChI is InChI=1S/C29H22F6N4O2/c1-4-41-9-7-15-12-22(28(40)16-10-20(30)24(32)21(31)11-16)39-8-5-6-17(27(15)39)23-19(29(33,34)35)13-18-14(2)38(3)37-26(18)25(23)36/h5-13H,4,36H2,1-3H3/b9-7+. The van der Waals surface area contributed by atoms with Crippen molar-refractivity contribution in [2.45, 2.75) is 20.0 Å². The summed E-state index contributed by atoms with van der Waals surface area (Å²) in [5.41, 5.74) is 5.23. The summed E-state index contributed by atoms with van der Waals surface area (Å²) in [5, 5.41) is 4.54. The Morgan fingerprint density at radius 3 is 2.44 bits per heavy atom. The molecule has 0 spiro atoms. The maximum absolute atomic E-state index is 14.5. The van der Waals surface area contributed by atoms with Crippen LogP contribution in [-0.2, 0) is 18.0 Å². The number of benzene rings is 2. The Balaban J connectivity index is 1.86. The predicted molar refractivity (Wildman–Crippen MR) is 142 cm³/mol. The zero-order valence-corrected chi connectivity index (χ0v) is 21.9. The number of carbonyl (C=O) groups excluding carboxylic acids is 1. The lowest BCUT2D eigenvalue weighted by atomic mass is 9.93. The molecule has 0 atom stereocenters. The van der Waals surface area contributed by atoms with Gasteiger partial charge in [-0.2, -0.15) is 18.3 Å². The topological polar surface area (TPSA) is 74.5 Å². The highest BCUT2D eigenvalue weighted by Gasteiger charge is 2.37. The van der Waals surface area contributed by atoms with Gasteiger partial charge in [-0.25, -0.2) is 13.2 Å². The zero-order chi connectivity index (χ0) is 29.8. The number of anilines is 1. The Morgan fingerprint density at radius 1 is 1.12 bits per heavy atom. The molecular weight excluding hydrogens is 550 g/mol. The first kappa shape index (κ1) is 27.8. The van der Waals surface area contributed by atoms with E-state index in [1.54, 1.807) is 20.9 Å².